The van der Waals surface area contributed by atoms with Crippen molar-refractivity contribution in [2.75, 3.05) is 29.6 Å². The summed E-state index contributed by atoms with van der Waals surface area (Å²) in [5.41, 5.74) is 1.69. The number of amides is 1. The van der Waals surface area contributed by atoms with Gasteiger partial charge >= 0.3 is 0 Å². The molecule has 1 aliphatic rings. The Morgan fingerprint density at radius 2 is 2.04 bits per heavy atom. The Kier molecular flexibility index (Phi) is 5.25. The zero-order valence-corrected chi connectivity index (χ0v) is 17.5. The number of rotatable bonds is 4. The van der Waals surface area contributed by atoms with Crippen molar-refractivity contribution in [1.29, 1.82) is 0 Å². The number of carbonyl (C=O) groups is 1. The van der Waals surface area contributed by atoms with Gasteiger partial charge in [-0.3, -0.25) is 4.79 Å². The number of aryl methyl sites for hydroxylation is 1. The molecule has 1 aliphatic heterocycles. The van der Waals surface area contributed by atoms with Crippen LogP contribution in [0.15, 0.2) is 29.4 Å². The van der Waals surface area contributed by atoms with Crippen LogP contribution in [0.5, 0.6) is 0 Å². The Balaban J connectivity index is 1.71. The van der Waals surface area contributed by atoms with Crippen LogP contribution in [0.25, 0.3) is 10.2 Å². The number of carbonyl (C=O) groups excluding carboxylic acids is 1. The van der Waals surface area contributed by atoms with Gasteiger partial charge in [0.1, 0.15) is 10.6 Å². The molecule has 5 nitrogen and oxygen atoms in total. The molecule has 1 N–H and O–H groups in total. The molecule has 0 atom stereocenters. The Labute approximate surface area is 171 Å². The van der Waals surface area contributed by atoms with Crippen molar-refractivity contribution in [1.82, 2.24) is 9.97 Å². The van der Waals surface area contributed by atoms with Gasteiger partial charge in [-0.05, 0) is 49.8 Å². The van der Waals surface area contributed by atoms with Crippen molar-refractivity contribution < 1.29 is 4.79 Å². The van der Waals surface area contributed by atoms with E-state index < -0.39 is 0 Å². The van der Waals surface area contributed by atoms with Crippen LogP contribution < -0.4 is 10.2 Å². The fraction of sp³-hybridized carbons (Fsp3) is 0.316. The van der Waals surface area contributed by atoms with E-state index in [1.54, 1.807) is 6.07 Å². The van der Waals surface area contributed by atoms with Crippen LogP contribution in [0, 0.1) is 6.92 Å². The second-order valence-corrected chi connectivity index (χ2v) is 8.71. The molecule has 3 aromatic rings. The van der Waals surface area contributed by atoms with Crippen LogP contribution in [-0.2, 0) is 0 Å². The average Bonchev–Trinajstić information content (AvgIpc) is 3.33. The summed E-state index contributed by atoms with van der Waals surface area (Å²) in [7, 11) is 0. The summed E-state index contributed by atoms with van der Waals surface area (Å²) in [6.45, 7) is 3.94. The second kappa shape index (κ2) is 7.66. The molecule has 3 heterocycles. The summed E-state index contributed by atoms with van der Waals surface area (Å²) in [4.78, 5) is 25.9. The summed E-state index contributed by atoms with van der Waals surface area (Å²) < 4.78 is 0. The van der Waals surface area contributed by atoms with Gasteiger partial charge in [0.15, 0.2) is 5.16 Å². The van der Waals surface area contributed by atoms with Crippen molar-refractivity contribution in [3.63, 3.8) is 0 Å². The number of hydrogen-bond acceptors (Lipinski definition) is 6. The third-order valence-corrected chi connectivity index (χ3v) is 6.42. The first-order valence-corrected chi connectivity index (χ1v) is 11.1. The van der Waals surface area contributed by atoms with E-state index in [9.17, 15) is 4.79 Å². The number of thioether (sulfide) groups is 1. The van der Waals surface area contributed by atoms with Gasteiger partial charge in [0.2, 0.25) is 0 Å². The summed E-state index contributed by atoms with van der Waals surface area (Å²) in [6, 6.07) is 7.38. The van der Waals surface area contributed by atoms with Crippen molar-refractivity contribution >= 4 is 62.3 Å². The lowest BCUT2D eigenvalue weighted by atomic mass is 10.2. The number of anilines is 2. The normalized spacial score (nSPS) is 14.1. The third kappa shape index (κ3) is 3.77. The van der Waals surface area contributed by atoms with E-state index in [0.29, 0.717) is 9.90 Å². The lowest BCUT2D eigenvalue weighted by Gasteiger charge is -2.17. The molecular formula is C19H19ClN4OS2. The number of nitrogens with zero attached hydrogens (tertiary/aromatic N) is 3. The zero-order valence-electron chi connectivity index (χ0n) is 15.1. The molecule has 0 aliphatic carbocycles. The van der Waals surface area contributed by atoms with Crippen LogP contribution in [-0.4, -0.2) is 35.2 Å². The molecule has 140 valence electrons. The number of thiophene rings is 1. The van der Waals surface area contributed by atoms with Crippen LogP contribution in [0.3, 0.4) is 0 Å². The van der Waals surface area contributed by atoms with E-state index in [0.717, 1.165) is 45.5 Å². The van der Waals surface area contributed by atoms with Crippen molar-refractivity contribution in [2.24, 2.45) is 0 Å². The second-order valence-electron chi connectivity index (χ2n) is 6.47. The largest absolute Gasteiger partial charge is 0.356 e. The van der Waals surface area contributed by atoms with Crippen LogP contribution >= 0.6 is 34.7 Å². The van der Waals surface area contributed by atoms with Crippen molar-refractivity contribution in [3.05, 3.63) is 39.7 Å². The van der Waals surface area contributed by atoms with Crippen LogP contribution in [0.1, 0.15) is 28.1 Å². The third-order valence-electron chi connectivity index (χ3n) is 4.61. The number of aromatic nitrogens is 2. The molecule has 1 fully saturated rings. The molecule has 0 spiro atoms. The molecule has 1 amide bonds. The Bertz CT molecular complexity index is 1010. The molecule has 0 saturated carbocycles. The van der Waals surface area contributed by atoms with E-state index in [4.69, 9.17) is 16.6 Å². The van der Waals surface area contributed by atoms with Crippen molar-refractivity contribution in [3.8, 4) is 0 Å². The molecule has 0 unspecified atom stereocenters. The monoisotopic (exact) mass is 418 g/mol. The maximum Gasteiger partial charge on any atom is 0.265 e. The molecule has 8 heteroatoms. The predicted molar refractivity (Wildman–Crippen MR) is 115 cm³/mol. The fourth-order valence-electron chi connectivity index (χ4n) is 3.17. The smallest absolute Gasteiger partial charge is 0.265 e. The van der Waals surface area contributed by atoms with E-state index in [-0.39, 0.29) is 5.91 Å². The minimum Gasteiger partial charge on any atom is -0.356 e. The average molecular weight is 419 g/mol. The highest BCUT2D eigenvalue weighted by molar-refractivity contribution is 7.98. The van der Waals surface area contributed by atoms with Gasteiger partial charge in [-0.15, -0.1) is 11.3 Å². The summed E-state index contributed by atoms with van der Waals surface area (Å²) in [5, 5.41) is 5.25. The summed E-state index contributed by atoms with van der Waals surface area (Å²) >= 11 is 8.99. The van der Waals surface area contributed by atoms with Gasteiger partial charge < -0.3 is 10.2 Å². The molecule has 2 aromatic heterocycles. The molecule has 0 bridgehead atoms. The minimum atomic E-state index is -0.151. The molecular weight excluding hydrogens is 400 g/mol. The molecule has 1 saturated heterocycles. The number of nitrogens with one attached hydrogen (secondary N) is 1. The molecule has 1 aromatic carbocycles. The standard InChI is InChI=1S/C19H19ClN4OS2/c1-11-5-6-12(20)9-14(11)21-17(25)15-10-13-16(24-7-3-4-8-24)22-19(26-2)23-18(13)27-15/h5-6,9-10H,3-4,7-8H2,1-2H3,(H,21,25). The molecule has 4 rings (SSSR count). The van der Waals surface area contributed by atoms with Gasteiger partial charge in [0.25, 0.3) is 5.91 Å². The van der Waals surface area contributed by atoms with Crippen molar-refractivity contribution in [2.45, 2.75) is 24.9 Å². The zero-order chi connectivity index (χ0) is 19.0. The van der Waals surface area contributed by atoms with Gasteiger partial charge in [0.05, 0.1) is 10.3 Å². The first kappa shape index (κ1) is 18.5. The topological polar surface area (TPSA) is 58.1 Å². The summed E-state index contributed by atoms with van der Waals surface area (Å²) in [6.07, 6.45) is 4.31. The maximum absolute atomic E-state index is 12.8. The Morgan fingerprint density at radius 1 is 1.26 bits per heavy atom. The van der Waals surface area contributed by atoms with Gasteiger partial charge in [0, 0.05) is 23.8 Å². The number of benzene rings is 1. The maximum atomic E-state index is 12.8. The van der Waals surface area contributed by atoms with E-state index in [1.165, 1.54) is 35.9 Å². The first-order valence-electron chi connectivity index (χ1n) is 8.73. The SMILES string of the molecule is CSc1nc(N2CCCC2)c2cc(C(=O)Nc3cc(Cl)ccc3C)sc2n1. The lowest BCUT2D eigenvalue weighted by Crippen LogP contribution is -2.19. The van der Waals surface area contributed by atoms with Crippen LogP contribution in [0.2, 0.25) is 5.02 Å². The van der Waals surface area contributed by atoms with E-state index >= 15 is 0 Å². The molecule has 0 radical (unpaired) electrons. The van der Waals surface area contributed by atoms with Gasteiger partial charge in [-0.25, -0.2) is 9.97 Å². The van der Waals surface area contributed by atoms with Gasteiger partial charge in [-0.2, -0.15) is 0 Å². The van der Waals surface area contributed by atoms with E-state index in [2.05, 4.69) is 15.2 Å². The first-order chi connectivity index (χ1) is 13.0. The lowest BCUT2D eigenvalue weighted by molar-refractivity contribution is 0.103. The molecule has 27 heavy (non-hydrogen) atoms. The fourth-order valence-corrected chi connectivity index (χ4v) is 4.68. The minimum absolute atomic E-state index is 0.151. The Hall–Kier alpha value is -1.83. The summed E-state index contributed by atoms with van der Waals surface area (Å²) in [5.74, 6) is 0.789. The number of halogens is 1. The highest BCUT2D eigenvalue weighted by atomic mass is 35.5. The van der Waals surface area contributed by atoms with E-state index in [1.807, 2.05) is 31.4 Å². The number of fused-ring (bicyclic) bond motifs is 1. The number of hydrogen-bond donors (Lipinski definition) is 1. The van der Waals surface area contributed by atoms with Gasteiger partial charge in [-0.1, -0.05) is 29.4 Å². The van der Waals surface area contributed by atoms with Crippen LogP contribution in [0.4, 0.5) is 11.5 Å². The highest BCUT2D eigenvalue weighted by Crippen LogP contribution is 2.34. The highest BCUT2D eigenvalue weighted by Gasteiger charge is 2.21. The predicted octanol–water partition coefficient (Wildman–Crippen LogP) is 5.23. The Morgan fingerprint density at radius 3 is 2.78 bits per heavy atom. The quantitative estimate of drug-likeness (QED) is 0.464.